The number of nitrogens with one attached hydrogen (secondary N) is 5. The number of halogens is 1. The van der Waals surface area contributed by atoms with E-state index in [0.29, 0.717) is 68.6 Å². The number of unbranched alkanes of at least 4 members (excludes halogenated alkanes) is 1. The summed E-state index contributed by atoms with van der Waals surface area (Å²) >= 11 is 1.57. The fourth-order valence-corrected chi connectivity index (χ4v) is 10.8. The number of aliphatic hydroxyl groups is 1. The molecule has 5 aromatic heterocycles. The van der Waals surface area contributed by atoms with Crippen LogP contribution in [0.1, 0.15) is 98.2 Å². The third-order valence-corrected chi connectivity index (χ3v) is 15.6. The second-order valence-corrected chi connectivity index (χ2v) is 22.5. The normalized spacial score (nSPS) is 17.2. The van der Waals surface area contributed by atoms with Crippen molar-refractivity contribution in [2.24, 2.45) is 5.41 Å². The summed E-state index contributed by atoms with van der Waals surface area (Å²) in [5.41, 5.74) is 8.07. The number of hydrogen-bond acceptors (Lipinski definition) is 15. The van der Waals surface area contributed by atoms with Crippen molar-refractivity contribution in [1.29, 1.82) is 0 Å². The molecule has 3 atom stereocenters. The lowest BCUT2D eigenvalue weighted by Gasteiger charge is -2.35. The highest BCUT2D eigenvalue weighted by Crippen LogP contribution is 2.41. The molecule has 0 unspecified atom stereocenters. The number of rotatable bonds is 20. The maximum Gasteiger partial charge on any atom is 0.254 e. The number of hydrogen-bond donors (Lipinski definition) is 6. The zero-order valence-electron chi connectivity index (χ0n) is 44.6. The molecule has 5 amide bonds. The van der Waals surface area contributed by atoms with Crippen molar-refractivity contribution >= 4 is 58.0 Å². The van der Waals surface area contributed by atoms with Crippen molar-refractivity contribution < 1.29 is 33.5 Å². The molecule has 7 heterocycles. The van der Waals surface area contributed by atoms with Gasteiger partial charge < -0.3 is 36.2 Å². The van der Waals surface area contributed by atoms with E-state index in [9.17, 15) is 29.1 Å². The number of benzene rings is 2. The summed E-state index contributed by atoms with van der Waals surface area (Å²) in [5, 5.41) is 37.8. The SMILES string of the molecule is Cc1ncsc1-c1ccc(CNC(=O)[C@@H]2C[C@@H](O)CN2C(=O)[C@H](NC(=O)CCCCn2cc(CNC(=O)CN3CCN(C(=O)c4ccc(Nc5nc(C6CC6)cn6c(-c7cn[nH]c7)cnc56)c(F)c4)CC3)nn2)C(C)(C)C)cc1. The minimum atomic E-state index is -0.935. The highest BCUT2D eigenvalue weighted by Gasteiger charge is 2.44. The molecule has 2 aliphatic heterocycles. The Morgan fingerprint density at radius 1 is 0.924 bits per heavy atom. The minimum absolute atomic E-state index is 0.0170. The third-order valence-electron chi connectivity index (χ3n) is 14.6. The van der Waals surface area contributed by atoms with Crippen LogP contribution in [0.5, 0.6) is 0 Å². The van der Waals surface area contributed by atoms with Gasteiger partial charge in [-0.15, -0.1) is 16.4 Å². The van der Waals surface area contributed by atoms with Crippen LogP contribution in [0, 0.1) is 18.2 Å². The van der Waals surface area contributed by atoms with E-state index in [0.717, 1.165) is 51.5 Å². The van der Waals surface area contributed by atoms with Gasteiger partial charge in [0.25, 0.3) is 5.91 Å². The number of aromatic nitrogens is 9. The number of carbonyl (C=O) groups excluding carboxylic acids is 5. The second kappa shape index (κ2) is 23.6. The molecule has 3 fully saturated rings. The zero-order chi connectivity index (χ0) is 55.4. The van der Waals surface area contributed by atoms with E-state index in [1.165, 1.54) is 17.0 Å². The highest BCUT2D eigenvalue weighted by molar-refractivity contribution is 7.13. The quantitative estimate of drug-likeness (QED) is 0.0552. The van der Waals surface area contributed by atoms with Crippen molar-refractivity contribution in [3.8, 4) is 21.7 Å². The molecule has 0 spiro atoms. The number of fused-ring (bicyclic) bond motifs is 1. The Morgan fingerprint density at radius 3 is 2.43 bits per heavy atom. The predicted molar refractivity (Wildman–Crippen MR) is 292 cm³/mol. The molecular formula is C55H65FN16O6S. The topological polar surface area (TPSA) is 266 Å². The lowest BCUT2D eigenvalue weighted by molar-refractivity contribution is -0.144. The van der Waals surface area contributed by atoms with E-state index in [1.807, 2.05) is 73.0 Å². The van der Waals surface area contributed by atoms with E-state index in [1.54, 1.807) is 51.8 Å². The van der Waals surface area contributed by atoms with E-state index >= 15 is 4.39 Å². The zero-order valence-corrected chi connectivity index (χ0v) is 45.4. The number of H-pyrrole nitrogens is 1. The molecule has 0 bridgehead atoms. The fraction of sp³-hybridized carbons (Fsp3) is 0.436. The smallest absolute Gasteiger partial charge is 0.254 e. The Bertz CT molecular complexity index is 3320. The van der Waals surface area contributed by atoms with Gasteiger partial charge in [0, 0.05) is 88.1 Å². The summed E-state index contributed by atoms with van der Waals surface area (Å²) in [4.78, 5) is 87.2. The largest absolute Gasteiger partial charge is 0.391 e. The maximum atomic E-state index is 15.7. The van der Waals surface area contributed by atoms with Gasteiger partial charge in [-0.25, -0.2) is 19.3 Å². The van der Waals surface area contributed by atoms with Crippen LogP contribution in [0.15, 0.2) is 79.0 Å². The van der Waals surface area contributed by atoms with Crippen LogP contribution < -0.4 is 21.3 Å². The van der Waals surface area contributed by atoms with E-state index in [2.05, 4.69) is 51.7 Å². The van der Waals surface area contributed by atoms with Gasteiger partial charge in [-0.3, -0.25) is 43.1 Å². The molecule has 2 aromatic carbocycles. The number of thiazole rings is 1. The molecule has 24 heteroatoms. The molecule has 7 aromatic rings. The Hall–Kier alpha value is -7.96. The van der Waals surface area contributed by atoms with Gasteiger partial charge >= 0.3 is 0 Å². The Morgan fingerprint density at radius 2 is 1.72 bits per heavy atom. The highest BCUT2D eigenvalue weighted by atomic mass is 32.1. The predicted octanol–water partition coefficient (Wildman–Crippen LogP) is 4.96. The molecule has 414 valence electrons. The molecule has 3 aliphatic rings. The minimum Gasteiger partial charge on any atom is -0.391 e. The summed E-state index contributed by atoms with van der Waals surface area (Å²) in [6.45, 7) is 10.2. The molecule has 79 heavy (non-hydrogen) atoms. The number of aryl methyl sites for hydroxylation is 2. The number of anilines is 2. The molecule has 0 radical (unpaired) electrons. The van der Waals surface area contributed by atoms with Crippen molar-refractivity contribution in [2.75, 3.05) is 44.6 Å². The maximum absolute atomic E-state index is 15.7. The van der Waals surface area contributed by atoms with Gasteiger partial charge in [-0.1, -0.05) is 50.3 Å². The Labute approximate surface area is 459 Å². The van der Waals surface area contributed by atoms with Crippen LogP contribution >= 0.6 is 11.3 Å². The number of amides is 5. The Kier molecular flexibility index (Phi) is 16.2. The number of nitrogens with zero attached hydrogens (tertiary/aromatic N) is 11. The molecule has 22 nitrogen and oxygen atoms in total. The number of β-amino-alcohol motifs (C(OH)–C–C–N with tert-alkyl or cyclic N) is 1. The van der Waals surface area contributed by atoms with Gasteiger partial charge in [-0.2, -0.15) is 5.10 Å². The van der Waals surface area contributed by atoms with E-state index in [4.69, 9.17) is 4.98 Å². The van der Waals surface area contributed by atoms with Crippen molar-refractivity contribution in [3.63, 3.8) is 0 Å². The van der Waals surface area contributed by atoms with Crippen molar-refractivity contribution in [2.45, 2.75) is 110 Å². The molecule has 1 saturated carbocycles. The molecule has 6 N–H and O–H groups in total. The summed E-state index contributed by atoms with van der Waals surface area (Å²) in [7, 11) is 0. The summed E-state index contributed by atoms with van der Waals surface area (Å²) < 4.78 is 19.3. The van der Waals surface area contributed by atoms with Crippen LogP contribution in [0.4, 0.5) is 15.9 Å². The molecule has 10 rings (SSSR count). The number of carbonyl (C=O) groups is 5. The summed E-state index contributed by atoms with van der Waals surface area (Å²) in [6, 6.07) is 10.4. The summed E-state index contributed by atoms with van der Waals surface area (Å²) in [6.07, 6.45) is 11.5. The van der Waals surface area contributed by atoms with Crippen molar-refractivity contribution in [3.05, 3.63) is 113 Å². The number of piperazine rings is 1. The first kappa shape index (κ1) is 54.4. The van der Waals surface area contributed by atoms with Crippen LogP contribution in [-0.2, 0) is 38.8 Å². The van der Waals surface area contributed by atoms with Gasteiger partial charge in [0.05, 0.1) is 70.9 Å². The first-order valence-electron chi connectivity index (χ1n) is 26.7. The molecular weight excluding hydrogens is 1030 g/mol. The van der Waals surface area contributed by atoms with Gasteiger partial charge in [0.2, 0.25) is 23.6 Å². The fourth-order valence-electron chi connectivity index (χ4n) is 9.99. The number of imidazole rings is 1. The van der Waals surface area contributed by atoms with Gasteiger partial charge in [0.15, 0.2) is 11.5 Å². The van der Waals surface area contributed by atoms with E-state index < -0.39 is 35.3 Å². The lowest BCUT2D eigenvalue weighted by Crippen LogP contribution is -2.57. The Balaban J connectivity index is 0.629. The average Bonchev–Trinajstić information content (AvgIpc) is 4.19. The molecule has 1 aliphatic carbocycles. The van der Waals surface area contributed by atoms with E-state index in [-0.39, 0.29) is 73.9 Å². The lowest BCUT2D eigenvalue weighted by atomic mass is 9.85. The third kappa shape index (κ3) is 13.0. The average molecular weight is 1100 g/mol. The number of likely N-dealkylation sites (tertiary alicyclic amines) is 1. The van der Waals surface area contributed by atoms with Crippen LogP contribution in [0.2, 0.25) is 0 Å². The van der Waals surface area contributed by atoms with Gasteiger partial charge in [0.1, 0.15) is 23.6 Å². The molecule has 2 saturated heterocycles. The van der Waals surface area contributed by atoms with Crippen LogP contribution in [0.25, 0.3) is 27.3 Å². The van der Waals surface area contributed by atoms with Gasteiger partial charge in [-0.05, 0) is 67.3 Å². The first-order chi connectivity index (χ1) is 38.0. The first-order valence-corrected chi connectivity index (χ1v) is 27.6. The second-order valence-electron chi connectivity index (χ2n) is 21.7. The van der Waals surface area contributed by atoms with Crippen LogP contribution in [0.3, 0.4) is 0 Å². The standard InChI is InChI=1S/C55H65FN16O6S/c1-33-48(79-32-60-33)36-10-8-34(9-11-36)23-59-52(76)44-22-40(73)29-72(44)54(78)49(55(2,3)4)65-46(74)7-5-6-16-70-28-39(66-67-70)26-57-47(75)31-68-17-19-69(20-18-68)53(77)37-14-15-42(41(56)21-37)63-50-51-58-27-45(38-24-61-62-25-38)71(51)30-43(64-50)35-12-13-35/h8-11,14-15,21,24-25,27-28,30,32,35,40,44,49,73H,5-7,12-13,16-20,22-23,26,29,31H2,1-4H3,(H,57,75)(H,59,76)(H,61,62)(H,63,64)(H,65,74)/t40-,44+,49+/m1/s1. The van der Waals surface area contributed by atoms with Crippen LogP contribution in [-0.4, -0.2) is 151 Å². The number of aliphatic hydroxyl groups excluding tert-OH is 1. The monoisotopic (exact) mass is 1100 g/mol. The summed E-state index contributed by atoms with van der Waals surface area (Å²) in [5.74, 6) is -1.47. The van der Waals surface area contributed by atoms with Crippen molar-refractivity contribution in [1.82, 2.24) is 75.2 Å². The number of aromatic amines is 1.